The highest BCUT2D eigenvalue weighted by molar-refractivity contribution is 4.96. The second kappa shape index (κ2) is 3.84. The Morgan fingerprint density at radius 3 is 2.21 bits per heavy atom. The van der Waals surface area contributed by atoms with Crippen LogP contribution in [0, 0.1) is 5.41 Å². The van der Waals surface area contributed by atoms with E-state index in [0.29, 0.717) is 11.0 Å². The Hall–Kier alpha value is -0.0400. The van der Waals surface area contributed by atoms with Gasteiger partial charge in [0, 0.05) is 5.54 Å². The molecule has 14 heavy (non-hydrogen) atoms. The molecular formula is C13H25N. The summed E-state index contributed by atoms with van der Waals surface area (Å²) in [5, 5.41) is 3.83. The molecule has 1 saturated carbocycles. The van der Waals surface area contributed by atoms with Gasteiger partial charge in [0.15, 0.2) is 0 Å². The van der Waals surface area contributed by atoms with Crippen LogP contribution in [-0.4, -0.2) is 12.1 Å². The molecule has 1 heteroatoms. The van der Waals surface area contributed by atoms with Crippen molar-refractivity contribution in [2.45, 2.75) is 70.8 Å². The third-order valence-electron chi connectivity index (χ3n) is 4.39. The summed E-state index contributed by atoms with van der Waals surface area (Å²) in [6.45, 7) is 6.12. The maximum absolute atomic E-state index is 3.83. The Bertz CT molecular complexity index is 175. The van der Waals surface area contributed by atoms with Crippen molar-refractivity contribution in [1.29, 1.82) is 0 Å². The van der Waals surface area contributed by atoms with E-state index in [-0.39, 0.29) is 0 Å². The third kappa shape index (κ3) is 2.31. The van der Waals surface area contributed by atoms with E-state index in [1.165, 1.54) is 57.9 Å². The first-order chi connectivity index (χ1) is 6.62. The van der Waals surface area contributed by atoms with Crippen molar-refractivity contribution in [1.82, 2.24) is 5.32 Å². The molecule has 1 saturated heterocycles. The van der Waals surface area contributed by atoms with Gasteiger partial charge in [0.25, 0.3) is 0 Å². The van der Waals surface area contributed by atoms with E-state index in [0.717, 1.165) is 0 Å². The fourth-order valence-electron chi connectivity index (χ4n) is 3.04. The fourth-order valence-corrected chi connectivity index (χ4v) is 3.04. The summed E-state index contributed by atoms with van der Waals surface area (Å²) < 4.78 is 0. The van der Waals surface area contributed by atoms with E-state index < -0.39 is 0 Å². The molecule has 1 nitrogen and oxygen atoms in total. The monoisotopic (exact) mass is 195 g/mol. The van der Waals surface area contributed by atoms with Gasteiger partial charge in [-0.3, -0.25) is 0 Å². The highest BCUT2D eigenvalue weighted by atomic mass is 15.0. The van der Waals surface area contributed by atoms with Crippen LogP contribution >= 0.6 is 0 Å². The first-order valence-electron chi connectivity index (χ1n) is 6.37. The van der Waals surface area contributed by atoms with Crippen molar-refractivity contribution < 1.29 is 0 Å². The lowest BCUT2D eigenvalue weighted by Gasteiger charge is -2.44. The Morgan fingerprint density at radius 2 is 1.50 bits per heavy atom. The highest BCUT2D eigenvalue weighted by Crippen LogP contribution is 2.42. The number of hydrogen-bond donors (Lipinski definition) is 1. The Balaban J connectivity index is 1.96. The predicted molar refractivity (Wildman–Crippen MR) is 61.5 cm³/mol. The van der Waals surface area contributed by atoms with Crippen LogP contribution in [0.15, 0.2) is 0 Å². The molecule has 0 aromatic rings. The molecule has 2 rings (SSSR count). The minimum atomic E-state index is 0.548. The zero-order chi connectivity index (χ0) is 10.1. The average molecular weight is 195 g/mol. The Kier molecular flexibility index (Phi) is 2.88. The van der Waals surface area contributed by atoms with Crippen LogP contribution in [0.4, 0.5) is 0 Å². The molecule has 0 unspecified atom stereocenters. The van der Waals surface area contributed by atoms with E-state index in [4.69, 9.17) is 0 Å². The summed E-state index contributed by atoms with van der Waals surface area (Å²) in [7, 11) is 0. The maximum Gasteiger partial charge on any atom is 0.0181 e. The first kappa shape index (κ1) is 10.5. The largest absolute Gasteiger partial charge is 0.311 e. The van der Waals surface area contributed by atoms with Crippen molar-refractivity contribution >= 4 is 0 Å². The van der Waals surface area contributed by atoms with Crippen LogP contribution in [-0.2, 0) is 0 Å². The van der Waals surface area contributed by atoms with Crippen LogP contribution in [0.25, 0.3) is 0 Å². The molecule has 0 aromatic carbocycles. The second-order valence-electron chi connectivity index (χ2n) is 6.18. The second-order valence-corrected chi connectivity index (χ2v) is 6.18. The van der Waals surface area contributed by atoms with Gasteiger partial charge in [0.2, 0.25) is 0 Å². The molecule has 0 atom stereocenters. The van der Waals surface area contributed by atoms with Gasteiger partial charge in [0.05, 0.1) is 0 Å². The first-order valence-corrected chi connectivity index (χ1v) is 6.37. The molecule has 0 aromatic heterocycles. The molecule has 1 aliphatic heterocycles. The molecule has 1 heterocycles. The van der Waals surface area contributed by atoms with Crippen LogP contribution in [0.3, 0.4) is 0 Å². The van der Waals surface area contributed by atoms with Gasteiger partial charge in [-0.2, -0.15) is 0 Å². The molecule has 1 N–H and O–H groups in total. The molecule has 0 bridgehead atoms. The summed E-state index contributed by atoms with van der Waals surface area (Å²) in [4.78, 5) is 0. The van der Waals surface area contributed by atoms with E-state index >= 15 is 0 Å². The Morgan fingerprint density at radius 1 is 0.786 bits per heavy atom. The zero-order valence-electron chi connectivity index (χ0n) is 9.86. The van der Waals surface area contributed by atoms with Gasteiger partial charge in [0.1, 0.15) is 0 Å². The van der Waals surface area contributed by atoms with Crippen LogP contribution < -0.4 is 5.32 Å². The smallest absolute Gasteiger partial charge is 0.0181 e. The summed E-state index contributed by atoms with van der Waals surface area (Å²) >= 11 is 0. The van der Waals surface area contributed by atoms with Crippen molar-refractivity contribution in [2.75, 3.05) is 6.54 Å². The van der Waals surface area contributed by atoms with Crippen LogP contribution in [0.2, 0.25) is 0 Å². The third-order valence-corrected chi connectivity index (χ3v) is 4.39. The van der Waals surface area contributed by atoms with Gasteiger partial charge in [-0.25, -0.2) is 0 Å². The standard InChI is InChI=1S/C13H25N/c1-12(2)7-9-13(10-8-12)6-4-3-5-11-14-13/h14H,3-11H2,1-2H3. The Labute approximate surface area is 88.7 Å². The van der Waals surface area contributed by atoms with E-state index in [2.05, 4.69) is 19.2 Å². The molecule has 2 aliphatic rings. The SMILES string of the molecule is CC1(C)CCC2(CCCCCN2)CC1. The quantitative estimate of drug-likeness (QED) is 0.624. The predicted octanol–water partition coefficient (Wildman–Crippen LogP) is 3.49. The molecule has 0 radical (unpaired) electrons. The molecule has 2 fully saturated rings. The molecular weight excluding hydrogens is 170 g/mol. The fraction of sp³-hybridized carbons (Fsp3) is 1.00. The minimum Gasteiger partial charge on any atom is -0.311 e. The van der Waals surface area contributed by atoms with Gasteiger partial charge in [-0.05, 0) is 50.5 Å². The highest BCUT2D eigenvalue weighted by Gasteiger charge is 2.37. The summed E-state index contributed by atoms with van der Waals surface area (Å²) in [5.74, 6) is 0. The molecule has 82 valence electrons. The van der Waals surface area contributed by atoms with Gasteiger partial charge >= 0.3 is 0 Å². The lowest BCUT2D eigenvalue weighted by atomic mass is 9.68. The number of hydrogen-bond acceptors (Lipinski definition) is 1. The van der Waals surface area contributed by atoms with Crippen molar-refractivity contribution in [3.05, 3.63) is 0 Å². The van der Waals surface area contributed by atoms with Gasteiger partial charge in [-0.15, -0.1) is 0 Å². The van der Waals surface area contributed by atoms with E-state index in [9.17, 15) is 0 Å². The van der Waals surface area contributed by atoms with Gasteiger partial charge in [-0.1, -0.05) is 26.7 Å². The maximum atomic E-state index is 3.83. The zero-order valence-corrected chi connectivity index (χ0v) is 9.86. The van der Waals surface area contributed by atoms with E-state index in [1.807, 2.05) is 0 Å². The number of rotatable bonds is 0. The average Bonchev–Trinajstić information content (AvgIpc) is 2.37. The molecule has 1 spiro atoms. The lowest BCUT2D eigenvalue weighted by Crippen LogP contribution is -2.48. The van der Waals surface area contributed by atoms with Crippen LogP contribution in [0.1, 0.15) is 65.2 Å². The van der Waals surface area contributed by atoms with Crippen molar-refractivity contribution in [3.63, 3.8) is 0 Å². The molecule has 0 amide bonds. The summed E-state index contributed by atoms with van der Waals surface area (Å²) in [5.41, 5.74) is 1.16. The summed E-state index contributed by atoms with van der Waals surface area (Å²) in [6, 6.07) is 0. The summed E-state index contributed by atoms with van der Waals surface area (Å²) in [6.07, 6.45) is 11.4. The van der Waals surface area contributed by atoms with Crippen LogP contribution in [0.5, 0.6) is 0 Å². The molecule has 1 aliphatic carbocycles. The van der Waals surface area contributed by atoms with Crippen molar-refractivity contribution in [2.24, 2.45) is 5.41 Å². The lowest BCUT2D eigenvalue weighted by molar-refractivity contribution is 0.131. The minimum absolute atomic E-state index is 0.548. The van der Waals surface area contributed by atoms with E-state index in [1.54, 1.807) is 0 Å². The van der Waals surface area contributed by atoms with Gasteiger partial charge < -0.3 is 5.32 Å². The normalized spacial score (nSPS) is 31.3. The number of nitrogens with one attached hydrogen (secondary N) is 1. The topological polar surface area (TPSA) is 12.0 Å². The van der Waals surface area contributed by atoms with Crippen molar-refractivity contribution in [3.8, 4) is 0 Å².